The fourth-order valence-electron chi connectivity index (χ4n) is 1.21. The van der Waals surface area contributed by atoms with E-state index in [2.05, 4.69) is 0 Å². The van der Waals surface area contributed by atoms with E-state index in [1.54, 1.807) is 6.92 Å². The molecule has 1 aliphatic rings. The van der Waals surface area contributed by atoms with Crippen LogP contribution < -0.4 is 0 Å². The van der Waals surface area contributed by atoms with E-state index in [1.165, 1.54) is 4.90 Å². The van der Waals surface area contributed by atoms with Gasteiger partial charge in [0.25, 0.3) is 0 Å². The molecular weight excluding hydrogens is 156 g/mol. The predicted octanol–water partition coefficient (Wildman–Crippen LogP) is 1.21. The summed E-state index contributed by atoms with van der Waals surface area (Å²) in [6.45, 7) is 2.64. The zero-order chi connectivity index (χ0) is 9.14. The summed E-state index contributed by atoms with van der Waals surface area (Å²) in [5.41, 5.74) is 1.60. The molecule has 0 atom stereocenters. The molecule has 1 fully saturated rings. The van der Waals surface area contributed by atoms with Crippen LogP contribution in [-0.2, 0) is 0 Å². The Balaban J connectivity index is 2.70. The van der Waals surface area contributed by atoms with Crippen molar-refractivity contribution < 1.29 is 9.90 Å². The van der Waals surface area contributed by atoms with Crippen molar-refractivity contribution in [3.63, 3.8) is 0 Å². The quantitative estimate of drug-likeness (QED) is 0.550. The second kappa shape index (κ2) is 3.26. The summed E-state index contributed by atoms with van der Waals surface area (Å²) in [7, 11) is 0. The smallest absolute Gasteiger partial charge is 0.407 e. The minimum absolute atomic E-state index is 0.398. The lowest BCUT2D eigenvalue weighted by Gasteiger charge is -2.08. The standard InChI is InChI=1S/C8H10N2O2/c1-6(4-9)7-2-3-10(5-7)8(11)12/h2-3,5H2,1H3,(H,11,12)/b7-6-. The number of rotatable bonds is 0. The average Bonchev–Trinajstić information content (AvgIpc) is 2.51. The molecule has 0 spiro atoms. The minimum Gasteiger partial charge on any atom is -0.465 e. The first kappa shape index (κ1) is 8.60. The Morgan fingerprint density at radius 1 is 1.75 bits per heavy atom. The van der Waals surface area contributed by atoms with Crippen molar-refractivity contribution in [2.24, 2.45) is 0 Å². The Kier molecular flexibility index (Phi) is 2.34. The first-order chi connectivity index (χ1) is 5.65. The van der Waals surface area contributed by atoms with Gasteiger partial charge < -0.3 is 10.0 Å². The van der Waals surface area contributed by atoms with Crippen LogP contribution in [0.15, 0.2) is 11.1 Å². The highest BCUT2D eigenvalue weighted by Gasteiger charge is 2.21. The molecule has 1 rings (SSSR count). The van der Waals surface area contributed by atoms with Gasteiger partial charge in [-0.3, -0.25) is 0 Å². The number of allylic oxidation sites excluding steroid dienone is 1. The molecule has 0 aromatic carbocycles. The van der Waals surface area contributed by atoms with Gasteiger partial charge in [-0.15, -0.1) is 0 Å². The van der Waals surface area contributed by atoms with E-state index in [-0.39, 0.29) is 0 Å². The highest BCUT2D eigenvalue weighted by Crippen LogP contribution is 2.18. The van der Waals surface area contributed by atoms with Crippen molar-refractivity contribution in [3.8, 4) is 6.07 Å². The van der Waals surface area contributed by atoms with Gasteiger partial charge in [0.15, 0.2) is 0 Å². The molecule has 4 heteroatoms. The van der Waals surface area contributed by atoms with E-state index >= 15 is 0 Å². The van der Waals surface area contributed by atoms with Crippen molar-refractivity contribution in [3.05, 3.63) is 11.1 Å². The van der Waals surface area contributed by atoms with E-state index in [9.17, 15) is 4.79 Å². The van der Waals surface area contributed by atoms with Gasteiger partial charge in [-0.1, -0.05) is 0 Å². The second-order valence-corrected chi connectivity index (χ2v) is 2.79. The molecule has 0 saturated carbocycles. The third kappa shape index (κ3) is 1.56. The minimum atomic E-state index is -0.907. The van der Waals surface area contributed by atoms with Crippen LogP contribution in [0.5, 0.6) is 0 Å². The largest absolute Gasteiger partial charge is 0.465 e. The van der Waals surface area contributed by atoms with Gasteiger partial charge in [-0.05, 0) is 18.9 Å². The fourth-order valence-corrected chi connectivity index (χ4v) is 1.21. The van der Waals surface area contributed by atoms with Crippen molar-refractivity contribution in [1.82, 2.24) is 4.90 Å². The number of amides is 1. The molecule has 1 heterocycles. The van der Waals surface area contributed by atoms with Crippen LogP contribution in [0.25, 0.3) is 0 Å². The number of hydrogen-bond donors (Lipinski definition) is 1. The monoisotopic (exact) mass is 166 g/mol. The van der Waals surface area contributed by atoms with E-state index in [4.69, 9.17) is 10.4 Å². The molecule has 1 amide bonds. The highest BCUT2D eigenvalue weighted by molar-refractivity contribution is 5.66. The van der Waals surface area contributed by atoms with E-state index < -0.39 is 6.09 Å². The second-order valence-electron chi connectivity index (χ2n) is 2.79. The normalized spacial score (nSPS) is 20.5. The van der Waals surface area contributed by atoms with E-state index in [0.29, 0.717) is 25.1 Å². The van der Waals surface area contributed by atoms with Gasteiger partial charge in [0, 0.05) is 18.7 Å². The maximum Gasteiger partial charge on any atom is 0.407 e. The summed E-state index contributed by atoms with van der Waals surface area (Å²) < 4.78 is 0. The zero-order valence-electron chi connectivity index (χ0n) is 6.87. The summed E-state index contributed by atoms with van der Waals surface area (Å²) in [6.07, 6.45) is -0.207. The molecule has 1 aliphatic heterocycles. The summed E-state index contributed by atoms with van der Waals surface area (Å²) >= 11 is 0. The molecule has 4 nitrogen and oxygen atoms in total. The molecule has 1 saturated heterocycles. The van der Waals surface area contributed by atoms with Gasteiger partial charge in [0.1, 0.15) is 0 Å². The van der Waals surface area contributed by atoms with Gasteiger partial charge in [0.05, 0.1) is 6.07 Å². The van der Waals surface area contributed by atoms with Crippen molar-refractivity contribution in [1.29, 1.82) is 5.26 Å². The lowest BCUT2D eigenvalue weighted by Crippen LogP contribution is -2.25. The van der Waals surface area contributed by atoms with E-state index in [1.807, 2.05) is 6.07 Å². The van der Waals surface area contributed by atoms with Crippen molar-refractivity contribution in [2.75, 3.05) is 13.1 Å². The number of nitriles is 1. The summed E-state index contributed by atoms with van der Waals surface area (Å²) in [4.78, 5) is 11.8. The molecule has 12 heavy (non-hydrogen) atoms. The molecule has 64 valence electrons. The van der Waals surface area contributed by atoms with Crippen molar-refractivity contribution >= 4 is 6.09 Å². The first-order valence-electron chi connectivity index (χ1n) is 3.71. The molecule has 0 aliphatic carbocycles. The van der Waals surface area contributed by atoms with Crippen LogP contribution >= 0.6 is 0 Å². The fraction of sp³-hybridized carbons (Fsp3) is 0.500. The topological polar surface area (TPSA) is 64.3 Å². The predicted molar refractivity (Wildman–Crippen MR) is 42.5 cm³/mol. The van der Waals surface area contributed by atoms with Crippen LogP contribution in [0.4, 0.5) is 4.79 Å². The van der Waals surface area contributed by atoms with Gasteiger partial charge in [0.2, 0.25) is 0 Å². The van der Waals surface area contributed by atoms with Crippen molar-refractivity contribution in [2.45, 2.75) is 13.3 Å². The Labute approximate surface area is 70.7 Å². The molecule has 0 radical (unpaired) electrons. The molecule has 0 bridgehead atoms. The zero-order valence-corrected chi connectivity index (χ0v) is 6.87. The van der Waals surface area contributed by atoms with Crippen LogP contribution in [0.2, 0.25) is 0 Å². The molecule has 0 aromatic rings. The first-order valence-corrected chi connectivity index (χ1v) is 3.71. The van der Waals surface area contributed by atoms with Gasteiger partial charge >= 0.3 is 6.09 Å². The SMILES string of the molecule is C/C(C#N)=C1\CCN(C(=O)O)C1. The molecular formula is C8H10N2O2. The average molecular weight is 166 g/mol. The number of likely N-dealkylation sites (tertiary alicyclic amines) is 1. The lowest BCUT2D eigenvalue weighted by atomic mass is 10.1. The Morgan fingerprint density at radius 2 is 2.42 bits per heavy atom. The van der Waals surface area contributed by atoms with Crippen LogP contribution in [0.1, 0.15) is 13.3 Å². The maximum absolute atomic E-state index is 10.5. The summed E-state index contributed by atoms with van der Waals surface area (Å²) in [5, 5.41) is 17.2. The number of nitrogens with zero attached hydrogens (tertiary/aromatic N) is 2. The van der Waals surface area contributed by atoms with Crippen LogP contribution in [0, 0.1) is 11.3 Å². The van der Waals surface area contributed by atoms with Crippen LogP contribution in [0.3, 0.4) is 0 Å². The summed E-state index contributed by atoms with van der Waals surface area (Å²) in [5.74, 6) is 0. The maximum atomic E-state index is 10.5. The number of carbonyl (C=O) groups is 1. The Hall–Kier alpha value is -1.50. The molecule has 0 aromatic heterocycles. The molecule has 0 unspecified atom stereocenters. The van der Waals surface area contributed by atoms with E-state index in [0.717, 1.165) is 5.57 Å². The number of carboxylic acid groups (broad SMARTS) is 1. The number of hydrogen-bond acceptors (Lipinski definition) is 2. The molecule has 1 N–H and O–H groups in total. The Morgan fingerprint density at radius 3 is 2.83 bits per heavy atom. The Bertz CT molecular complexity index is 275. The third-order valence-electron chi connectivity index (χ3n) is 2.03. The lowest BCUT2D eigenvalue weighted by molar-refractivity contribution is 0.156. The highest BCUT2D eigenvalue weighted by atomic mass is 16.4. The summed E-state index contributed by atoms with van der Waals surface area (Å²) in [6, 6.07) is 2.03. The van der Waals surface area contributed by atoms with Gasteiger partial charge in [-0.25, -0.2) is 4.79 Å². The third-order valence-corrected chi connectivity index (χ3v) is 2.03. The van der Waals surface area contributed by atoms with Crippen LogP contribution in [-0.4, -0.2) is 29.2 Å². The van der Waals surface area contributed by atoms with Gasteiger partial charge in [-0.2, -0.15) is 5.26 Å².